The summed E-state index contributed by atoms with van der Waals surface area (Å²) in [6, 6.07) is -0.290. The summed E-state index contributed by atoms with van der Waals surface area (Å²) in [6.07, 6.45) is 4.38. The summed E-state index contributed by atoms with van der Waals surface area (Å²) in [5.74, 6) is -0.292. The Bertz CT molecular complexity index is 355. The Balaban J connectivity index is 2.53. The number of carbonyl (C=O) groups excluding carboxylic acids is 1. The first kappa shape index (κ1) is 18.0. The fraction of sp³-hybridized carbons (Fsp3) is 0.875. The summed E-state index contributed by atoms with van der Waals surface area (Å²) in [5, 5.41) is 12.0. The molecule has 1 aliphatic rings. The van der Waals surface area contributed by atoms with Gasteiger partial charge in [-0.1, -0.05) is 20.8 Å². The van der Waals surface area contributed by atoms with Gasteiger partial charge in [0.15, 0.2) is 0 Å². The summed E-state index contributed by atoms with van der Waals surface area (Å²) in [5.41, 5.74) is 5.65. The van der Waals surface area contributed by atoms with Gasteiger partial charge in [-0.15, -0.1) is 0 Å². The molecule has 0 spiro atoms. The van der Waals surface area contributed by atoms with Crippen molar-refractivity contribution in [3.05, 3.63) is 0 Å². The Morgan fingerprint density at radius 3 is 2.24 bits per heavy atom. The molecule has 1 atom stereocenters. The van der Waals surface area contributed by atoms with Crippen LogP contribution in [0.4, 0.5) is 0 Å². The zero-order chi connectivity index (χ0) is 16.0. The second kappa shape index (κ2) is 7.78. The van der Waals surface area contributed by atoms with Crippen molar-refractivity contribution in [1.82, 2.24) is 5.32 Å². The maximum atomic E-state index is 12.3. The van der Waals surface area contributed by atoms with Gasteiger partial charge in [0, 0.05) is 12.0 Å². The van der Waals surface area contributed by atoms with E-state index in [2.05, 4.69) is 26.1 Å². The standard InChI is InChI=1S/C16H30N2O3/c1-16(2,3)9-13(8-14(19)20)18-15(21)12-6-4-11(10-17)5-7-12/h11-13H,4-10,17H2,1-3H3,(H,18,21)(H,19,20). The molecular weight excluding hydrogens is 268 g/mol. The molecule has 5 heteroatoms. The van der Waals surface area contributed by atoms with E-state index in [1.54, 1.807) is 0 Å². The van der Waals surface area contributed by atoms with Crippen molar-refractivity contribution in [3.63, 3.8) is 0 Å². The van der Waals surface area contributed by atoms with Crippen LogP contribution in [-0.2, 0) is 9.59 Å². The van der Waals surface area contributed by atoms with E-state index in [-0.39, 0.29) is 29.7 Å². The molecule has 1 fully saturated rings. The topological polar surface area (TPSA) is 92.4 Å². The van der Waals surface area contributed by atoms with Crippen LogP contribution in [0.5, 0.6) is 0 Å². The molecule has 1 unspecified atom stereocenters. The van der Waals surface area contributed by atoms with E-state index < -0.39 is 5.97 Å². The minimum atomic E-state index is -0.864. The lowest BCUT2D eigenvalue weighted by Gasteiger charge is -2.30. The summed E-state index contributed by atoms with van der Waals surface area (Å²) < 4.78 is 0. The third kappa shape index (κ3) is 6.93. The van der Waals surface area contributed by atoms with Crippen molar-refractivity contribution in [2.45, 2.75) is 65.3 Å². The minimum Gasteiger partial charge on any atom is -0.481 e. The Morgan fingerprint density at radius 2 is 1.81 bits per heavy atom. The molecule has 0 aliphatic heterocycles. The zero-order valence-corrected chi connectivity index (χ0v) is 13.5. The van der Waals surface area contributed by atoms with Crippen molar-refractivity contribution < 1.29 is 14.7 Å². The summed E-state index contributed by atoms with van der Waals surface area (Å²) in [7, 11) is 0. The first-order chi connectivity index (χ1) is 9.71. The number of rotatable bonds is 6. The van der Waals surface area contributed by atoms with Crippen LogP contribution in [0.3, 0.4) is 0 Å². The molecule has 1 saturated carbocycles. The monoisotopic (exact) mass is 298 g/mol. The summed E-state index contributed by atoms with van der Waals surface area (Å²) >= 11 is 0. The molecule has 0 radical (unpaired) electrons. The summed E-state index contributed by atoms with van der Waals surface area (Å²) in [4.78, 5) is 23.3. The van der Waals surface area contributed by atoms with Crippen LogP contribution in [0.25, 0.3) is 0 Å². The molecule has 21 heavy (non-hydrogen) atoms. The molecular formula is C16H30N2O3. The molecule has 122 valence electrons. The van der Waals surface area contributed by atoms with Gasteiger partial charge in [-0.2, -0.15) is 0 Å². The van der Waals surface area contributed by atoms with E-state index in [1.807, 2.05) is 0 Å². The number of carbonyl (C=O) groups is 2. The Morgan fingerprint density at radius 1 is 1.24 bits per heavy atom. The third-order valence-electron chi connectivity index (χ3n) is 4.18. The Hall–Kier alpha value is -1.10. The quantitative estimate of drug-likeness (QED) is 0.700. The van der Waals surface area contributed by atoms with Gasteiger partial charge in [-0.3, -0.25) is 9.59 Å². The van der Waals surface area contributed by atoms with E-state index in [4.69, 9.17) is 10.8 Å². The predicted molar refractivity (Wildman–Crippen MR) is 82.8 cm³/mol. The number of aliphatic carboxylic acids is 1. The fourth-order valence-corrected chi connectivity index (χ4v) is 3.10. The third-order valence-corrected chi connectivity index (χ3v) is 4.18. The van der Waals surface area contributed by atoms with Crippen LogP contribution in [0.2, 0.25) is 0 Å². The van der Waals surface area contributed by atoms with Gasteiger partial charge in [0.05, 0.1) is 6.42 Å². The number of hydrogen-bond acceptors (Lipinski definition) is 3. The molecule has 0 saturated heterocycles. The zero-order valence-electron chi connectivity index (χ0n) is 13.5. The average molecular weight is 298 g/mol. The molecule has 0 aromatic rings. The summed E-state index contributed by atoms with van der Waals surface area (Å²) in [6.45, 7) is 6.86. The maximum Gasteiger partial charge on any atom is 0.305 e. The molecule has 0 bridgehead atoms. The van der Waals surface area contributed by atoms with Crippen molar-refractivity contribution in [2.24, 2.45) is 23.0 Å². The van der Waals surface area contributed by atoms with Gasteiger partial charge >= 0.3 is 5.97 Å². The number of hydrogen-bond donors (Lipinski definition) is 3. The van der Waals surface area contributed by atoms with Crippen LogP contribution >= 0.6 is 0 Å². The largest absolute Gasteiger partial charge is 0.481 e. The SMILES string of the molecule is CC(C)(C)CC(CC(=O)O)NC(=O)C1CCC(CN)CC1. The van der Waals surface area contributed by atoms with Crippen molar-refractivity contribution in [2.75, 3.05) is 6.54 Å². The number of carboxylic acid groups (broad SMARTS) is 1. The molecule has 1 rings (SSSR count). The van der Waals surface area contributed by atoms with E-state index >= 15 is 0 Å². The molecule has 0 heterocycles. The Kier molecular flexibility index (Phi) is 6.65. The van der Waals surface area contributed by atoms with Crippen LogP contribution in [0.1, 0.15) is 59.3 Å². The van der Waals surface area contributed by atoms with Gasteiger partial charge in [-0.05, 0) is 50.0 Å². The first-order valence-electron chi connectivity index (χ1n) is 7.93. The smallest absolute Gasteiger partial charge is 0.305 e. The second-order valence-corrected chi connectivity index (χ2v) is 7.52. The van der Waals surface area contributed by atoms with E-state index in [9.17, 15) is 9.59 Å². The average Bonchev–Trinajstić information content (AvgIpc) is 2.36. The number of carboxylic acids is 1. The lowest BCUT2D eigenvalue weighted by molar-refractivity contribution is -0.138. The maximum absolute atomic E-state index is 12.3. The normalized spacial score (nSPS) is 24.4. The van der Waals surface area contributed by atoms with E-state index in [0.717, 1.165) is 25.7 Å². The van der Waals surface area contributed by atoms with E-state index in [0.29, 0.717) is 18.9 Å². The van der Waals surface area contributed by atoms with Crippen molar-refractivity contribution in [3.8, 4) is 0 Å². The number of amides is 1. The lowest BCUT2D eigenvalue weighted by Crippen LogP contribution is -2.43. The molecule has 0 aromatic heterocycles. The predicted octanol–water partition coefficient (Wildman–Crippen LogP) is 2.15. The highest BCUT2D eigenvalue weighted by atomic mass is 16.4. The van der Waals surface area contributed by atoms with Crippen LogP contribution in [0, 0.1) is 17.3 Å². The van der Waals surface area contributed by atoms with Gasteiger partial charge in [-0.25, -0.2) is 0 Å². The van der Waals surface area contributed by atoms with Gasteiger partial charge in [0.25, 0.3) is 0 Å². The van der Waals surface area contributed by atoms with Gasteiger partial charge in [0.2, 0.25) is 5.91 Å². The molecule has 4 N–H and O–H groups in total. The highest BCUT2D eigenvalue weighted by molar-refractivity contribution is 5.79. The van der Waals surface area contributed by atoms with Gasteiger partial charge in [0.1, 0.15) is 0 Å². The van der Waals surface area contributed by atoms with Crippen molar-refractivity contribution in [1.29, 1.82) is 0 Å². The molecule has 0 aromatic carbocycles. The van der Waals surface area contributed by atoms with Gasteiger partial charge < -0.3 is 16.2 Å². The fourth-order valence-electron chi connectivity index (χ4n) is 3.10. The molecule has 1 aliphatic carbocycles. The highest BCUT2D eigenvalue weighted by Gasteiger charge is 2.29. The van der Waals surface area contributed by atoms with Crippen LogP contribution < -0.4 is 11.1 Å². The minimum absolute atomic E-state index is 0.00932. The lowest BCUT2D eigenvalue weighted by atomic mass is 9.81. The van der Waals surface area contributed by atoms with E-state index in [1.165, 1.54) is 0 Å². The molecule has 5 nitrogen and oxygen atoms in total. The second-order valence-electron chi connectivity index (χ2n) is 7.52. The Labute approximate surface area is 127 Å². The first-order valence-corrected chi connectivity index (χ1v) is 7.93. The van der Waals surface area contributed by atoms with Crippen molar-refractivity contribution >= 4 is 11.9 Å². The van der Waals surface area contributed by atoms with Crippen LogP contribution in [0.15, 0.2) is 0 Å². The highest BCUT2D eigenvalue weighted by Crippen LogP contribution is 2.29. The molecule has 1 amide bonds. The van der Waals surface area contributed by atoms with Crippen LogP contribution in [-0.4, -0.2) is 29.6 Å². The number of nitrogens with two attached hydrogens (primary N) is 1. The number of nitrogens with one attached hydrogen (secondary N) is 1.